The number of nitrogens with zero attached hydrogens (tertiary/aromatic N) is 2. The van der Waals surface area contributed by atoms with E-state index in [0.717, 1.165) is 18.4 Å². The predicted molar refractivity (Wildman–Crippen MR) is 66.3 cm³/mol. The van der Waals surface area contributed by atoms with Gasteiger partial charge < -0.3 is 10.2 Å². The largest absolute Gasteiger partial charge is 0.419 e. The molecular formula is C13H17N3O. The van der Waals surface area contributed by atoms with Crippen LogP contribution in [0.2, 0.25) is 0 Å². The van der Waals surface area contributed by atoms with E-state index in [4.69, 9.17) is 10.2 Å². The molecule has 90 valence electrons. The van der Waals surface area contributed by atoms with Crippen LogP contribution in [0.4, 0.5) is 0 Å². The van der Waals surface area contributed by atoms with Gasteiger partial charge in [0.2, 0.25) is 11.8 Å². The summed E-state index contributed by atoms with van der Waals surface area (Å²) >= 11 is 0. The Morgan fingerprint density at radius 2 is 2.00 bits per heavy atom. The van der Waals surface area contributed by atoms with Crippen LogP contribution < -0.4 is 5.73 Å². The quantitative estimate of drug-likeness (QED) is 0.878. The molecule has 1 aromatic carbocycles. The van der Waals surface area contributed by atoms with E-state index in [2.05, 4.69) is 23.2 Å². The summed E-state index contributed by atoms with van der Waals surface area (Å²) in [6.45, 7) is 4.10. The second-order valence-electron chi connectivity index (χ2n) is 3.97. The van der Waals surface area contributed by atoms with Crippen molar-refractivity contribution in [3.63, 3.8) is 0 Å². The summed E-state index contributed by atoms with van der Waals surface area (Å²) < 4.78 is 5.62. The molecule has 0 bridgehead atoms. The number of hydrogen-bond donors (Lipinski definition) is 1. The van der Waals surface area contributed by atoms with E-state index in [9.17, 15) is 0 Å². The van der Waals surface area contributed by atoms with Crippen molar-refractivity contribution in [1.82, 2.24) is 10.2 Å². The summed E-state index contributed by atoms with van der Waals surface area (Å²) in [5, 5.41) is 8.06. The van der Waals surface area contributed by atoms with Crippen LogP contribution in [-0.4, -0.2) is 10.2 Å². The maximum atomic E-state index is 5.86. The molecule has 2 rings (SSSR count). The highest BCUT2D eigenvalue weighted by molar-refractivity contribution is 5.58. The number of aromatic nitrogens is 2. The molecule has 2 N–H and O–H groups in total. The van der Waals surface area contributed by atoms with E-state index < -0.39 is 0 Å². The Labute approximate surface area is 101 Å². The molecule has 0 radical (unpaired) electrons. The molecule has 0 amide bonds. The van der Waals surface area contributed by atoms with Crippen LogP contribution in [0.5, 0.6) is 0 Å². The fraction of sp³-hybridized carbons (Fsp3) is 0.385. The highest BCUT2D eigenvalue weighted by Crippen LogP contribution is 2.24. The van der Waals surface area contributed by atoms with Gasteiger partial charge in [0.05, 0.1) is 6.04 Å². The van der Waals surface area contributed by atoms with Gasteiger partial charge in [-0.05, 0) is 24.5 Å². The minimum absolute atomic E-state index is 0.176. The van der Waals surface area contributed by atoms with Gasteiger partial charge in [0.25, 0.3) is 0 Å². The minimum Gasteiger partial charge on any atom is -0.419 e. The van der Waals surface area contributed by atoms with Gasteiger partial charge in [-0.25, -0.2) is 0 Å². The monoisotopic (exact) mass is 231 g/mol. The average molecular weight is 231 g/mol. The Bertz CT molecular complexity index is 493. The van der Waals surface area contributed by atoms with Gasteiger partial charge in [0, 0.05) is 5.56 Å². The zero-order valence-corrected chi connectivity index (χ0v) is 10.2. The minimum atomic E-state index is -0.176. The van der Waals surface area contributed by atoms with Crippen molar-refractivity contribution in [3.05, 3.63) is 35.7 Å². The topological polar surface area (TPSA) is 64.9 Å². The lowest BCUT2D eigenvalue weighted by Crippen LogP contribution is -2.08. The second kappa shape index (κ2) is 5.10. The van der Waals surface area contributed by atoms with Crippen LogP contribution in [0.25, 0.3) is 11.5 Å². The van der Waals surface area contributed by atoms with Crippen molar-refractivity contribution < 1.29 is 4.42 Å². The Morgan fingerprint density at radius 1 is 1.24 bits per heavy atom. The SMILES string of the molecule is CCc1ccccc1-c1nnc(C(N)CC)o1. The highest BCUT2D eigenvalue weighted by Gasteiger charge is 2.15. The van der Waals surface area contributed by atoms with Gasteiger partial charge in [-0.2, -0.15) is 0 Å². The summed E-state index contributed by atoms with van der Waals surface area (Å²) in [6, 6.07) is 7.87. The van der Waals surface area contributed by atoms with Crippen molar-refractivity contribution in [3.8, 4) is 11.5 Å². The fourth-order valence-corrected chi connectivity index (χ4v) is 1.71. The molecule has 0 fully saturated rings. The van der Waals surface area contributed by atoms with Crippen LogP contribution in [0.15, 0.2) is 28.7 Å². The van der Waals surface area contributed by atoms with Crippen molar-refractivity contribution in [1.29, 1.82) is 0 Å². The van der Waals surface area contributed by atoms with E-state index >= 15 is 0 Å². The highest BCUT2D eigenvalue weighted by atomic mass is 16.4. The van der Waals surface area contributed by atoms with E-state index in [1.54, 1.807) is 0 Å². The summed E-state index contributed by atoms with van der Waals surface area (Å²) in [5.74, 6) is 1.06. The number of benzene rings is 1. The van der Waals surface area contributed by atoms with Crippen LogP contribution in [0.3, 0.4) is 0 Å². The summed E-state index contributed by atoms with van der Waals surface area (Å²) in [6.07, 6.45) is 1.73. The molecule has 2 aromatic rings. The van der Waals surface area contributed by atoms with Crippen molar-refractivity contribution >= 4 is 0 Å². The number of aryl methyl sites for hydroxylation is 1. The van der Waals surface area contributed by atoms with E-state index in [-0.39, 0.29) is 6.04 Å². The predicted octanol–water partition coefficient (Wildman–Crippen LogP) is 2.71. The Kier molecular flexibility index (Phi) is 3.54. The molecule has 0 aliphatic rings. The first-order valence-electron chi connectivity index (χ1n) is 5.93. The third-order valence-electron chi connectivity index (χ3n) is 2.83. The maximum Gasteiger partial charge on any atom is 0.248 e. The molecule has 1 heterocycles. The lowest BCUT2D eigenvalue weighted by Gasteiger charge is -2.03. The number of rotatable bonds is 4. The fourth-order valence-electron chi connectivity index (χ4n) is 1.71. The Balaban J connectivity index is 2.37. The third kappa shape index (κ3) is 2.36. The molecule has 0 saturated heterocycles. The maximum absolute atomic E-state index is 5.86. The Hall–Kier alpha value is -1.68. The molecule has 1 aromatic heterocycles. The third-order valence-corrected chi connectivity index (χ3v) is 2.83. The smallest absolute Gasteiger partial charge is 0.248 e. The molecule has 4 heteroatoms. The van der Waals surface area contributed by atoms with Gasteiger partial charge in [-0.15, -0.1) is 10.2 Å². The lowest BCUT2D eigenvalue weighted by atomic mass is 10.1. The van der Waals surface area contributed by atoms with Gasteiger partial charge in [0.15, 0.2) is 0 Å². The van der Waals surface area contributed by atoms with E-state index in [1.807, 2.05) is 25.1 Å². The number of nitrogens with two attached hydrogens (primary N) is 1. The summed E-state index contributed by atoms with van der Waals surface area (Å²) in [7, 11) is 0. The molecule has 1 unspecified atom stereocenters. The molecular weight excluding hydrogens is 214 g/mol. The number of hydrogen-bond acceptors (Lipinski definition) is 4. The van der Waals surface area contributed by atoms with Gasteiger partial charge in [-0.1, -0.05) is 32.0 Å². The van der Waals surface area contributed by atoms with Gasteiger partial charge in [0.1, 0.15) is 0 Å². The van der Waals surface area contributed by atoms with E-state index in [1.165, 1.54) is 5.56 Å². The van der Waals surface area contributed by atoms with Crippen molar-refractivity contribution in [2.24, 2.45) is 5.73 Å². The molecule has 0 aliphatic carbocycles. The zero-order chi connectivity index (χ0) is 12.3. The van der Waals surface area contributed by atoms with Crippen LogP contribution in [0, 0.1) is 0 Å². The van der Waals surface area contributed by atoms with Crippen LogP contribution in [-0.2, 0) is 6.42 Å². The summed E-state index contributed by atoms with van der Waals surface area (Å²) in [5.41, 5.74) is 8.06. The van der Waals surface area contributed by atoms with Gasteiger partial charge in [-0.3, -0.25) is 0 Å². The first-order chi connectivity index (χ1) is 8.26. The molecule has 0 aliphatic heterocycles. The molecule has 4 nitrogen and oxygen atoms in total. The normalized spacial score (nSPS) is 12.6. The molecule has 0 saturated carbocycles. The first kappa shape index (κ1) is 11.8. The van der Waals surface area contributed by atoms with E-state index in [0.29, 0.717) is 11.8 Å². The zero-order valence-electron chi connectivity index (χ0n) is 10.2. The molecule has 0 spiro atoms. The lowest BCUT2D eigenvalue weighted by molar-refractivity contribution is 0.452. The van der Waals surface area contributed by atoms with Crippen molar-refractivity contribution in [2.75, 3.05) is 0 Å². The van der Waals surface area contributed by atoms with Gasteiger partial charge >= 0.3 is 0 Å². The second-order valence-corrected chi connectivity index (χ2v) is 3.97. The molecule has 17 heavy (non-hydrogen) atoms. The average Bonchev–Trinajstić information content (AvgIpc) is 2.87. The van der Waals surface area contributed by atoms with Crippen molar-refractivity contribution in [2.45, 2.75) is 32.7 Å². The first-order valence-corrected chi connectivity index (χ1v) is 5.93. The van der Waals surface area contributed by atoms with Crippen LogP contribution >= 0.6 is 0 Å². The standard InChI is InChI=1S/C13H17N3O/c1-3-9-7-5-6-8-10(9)12-15-16-13(17-12)11(14)4-2/h5-8,11H,3-4,14H2,1-2H3. The Morgan fingerprint density at radius 3 is 2.71 bits per heavy atom. The molecule has 1 atom stereocenters. The van der Waals surface area contributed by atoms with Crippen LogP contribution in [0.1, 0.15) is 37.8 Å². The summed E-state index contributed by atoms with van der Waals surface area (Å²) in [4.78, 5) is 0.